The van der Waals surface area contributed by atoms with Gasteiger partial charge in [-0.15, -0.1) is 0 Å². The van der Waals surface area contributed by atoms with Crippen LogP contribution in [0.1, 0.15) is 72.6 Å². The first-order valence-electron chi connectivity index (χ1n) is 9.31. The van der Waals surface area contributed by atoms with Crippen LogP contribution in [0.3, 0.4) is 0 Å². The summed E-state index contributed by atoms with van der Waals surface area (Å²) >= 11 is 0. The minimum absolute atomic E-state index is 0.566. The Balaban J connectivity index is 1.55. The molecule has 1 saturated heterocycles. The third-order valence-electron chi connectivity index (χ3n) is 7.02. The lowest BCUT2D eigenvalue weighted by Gasteiger charge is -2.67. The average molecular weight is 290 g/mol. The van der Waals surface area contributed by atoms with Crippen LogP contribution in [0.2, 0.25) is 0 Å². The van der Waals surface area contributed by atoms with Crippen molar-refractivity contribution in [3.63, 3.8) is 0 Å². The van der Waals surface area contributed by atoms with Crippen LogP contribution in [0.15, 0.2) is 0 Å². The molecule has 1 heterocycles. The maximum absolute atomic E-state index is 3.78. The SMILES string of the molecule is CC(C)NC1CCN(C23CC4CC(C)(CC(C)(C4)C2)C3)C1. The molecule has 1 N–H and O–H groups in total. The minimum atomic E-state index is 0.566. The normalized spacial score (nSPS) is 53.0. The van der Waals surface area contributed by atoms with E-state index in [1.54, 1.807) is 0 Å². The molecule has 0 spiro atoms. The predicted octanol–water partition coefficient (Wildman–Crippen LogP) is 3.81. The quantitative estimate of drug-likeness (QED) is 0.850. The summed E-state index contributed by atoms with van der Waals surface area (Å²) in [5.41, 5.74) is 1.87. The Bertz CT molecular complexity index is 411. The van der Waals surface area contributed by atoms with Crippen LogP contribution >= 0.6 is 0 Å². The molecule has 4 saturated carbocycles. The lowest BCUT2D eigenvalue weighted by molar-refractivity contribution is -0.157. The molecule has 0 amide bonds. The molecule has 5 aliphatic rings. The van der Waals surface area contributed by atoms with E-state index in [9.17, 15) is 0 Å². The summed E-state index contributed by atoms with van der Waals surface area (Å²) in [4.78, 5) is 2.92. The standard InChI is InChI=1S/C19H34N2/c1-14(2)20-16-5-6-21(10-16)19-9-15-7-17(3,12-19)11-18(4,8-15)13-19/h14-16,20H,5-13H2,1-4H3. The zero-order valence-corrected chi connectivity index (χ0v) is 14.5. The Kier molecular flexibility index (Phi) is 3.09. The highest BCUT2D eigenvalue weighted by Crippen LogP contribution is 2.67. The molecular weight excluding hydrogens is 256 g/mol. The Morgan fingerprint density at radius 3 is 2.24 bits per heavy atom. The second-order valence-electron chi connectivity index (χ2n) is 10.1. The number of likely N-dealkylation sites (tertiary alicyclic amines) is 1. The fourth-order valence-corrected chi connectivity index (χ4v) is 7.54. The van der Waals surface area contributed by atoms with Gasteiger partial charge in [0.05, 0.1) is 0 Å². The average Bonchev–Trinajstić information content (AvgIpc) is 2.71. The molecule has 4 aliphatic carbocycles. The van der Waals surface area contributed by atoms with E-state index in [1.807, 2.05) is 0 Å². The summed E-state index contributed by atoms with van der Waals surface area (Å²) in [6, 6.07) is 1.36. The Morgan fingerprint density at radius 1 is 1.00 bits per heavy atom. The topological polar surface area (TPSA) is 15.3 Å². The van der Waals surface area contributed by atoms with Crippen molar-refractivity contribution in [2.75, 3.05) is 13.1 Å². The van der Waals surface area contributed by atoms with E-state index < -0.39 is 0 Å². The van der Waals surface area contributed by atoms with Crippen LogP contribution in [-0.4, -0.2) is 35.6 Å². The number of hydrogen-bond acceptors (Lipinski definition) is 2. The van der Waals surface area contributed by atoms with Crippen LogP contribution in [-0.2, 0) is 0 Å². The van der Waals surface area contributed by atoms with Crippen molar-refractivity contribution in [3.05, 3.63) is 0 Å². The van der Waals surface area contributed by atoms with Crippen LogP contribution in [0, 0.1) is 16.7 Å². The van der Waals surface area contributed by atoms with E-state index in [0.29, 0.717) is 22.4 Å². The molecule has 5 rings (SSSR count). The number of nitrogens with one attached hydrogen (secondary N) is 1. The molecule has 3 atom stereocenters. The lowest BCUT2D eigenvalue weighted by atomic mass is 9.42. The molecule has 3 unspecified atom stereocenters. The van der Waals surface area contributed by atoms with Gasteiger partial charge in [0.15, 0.2) is 0 Å². The first kappa shape index (κ1) is 14.5. The molecular formula is C19H34N2. The van der Waals surface area contributed by atoms with Crippen LogP contribution in [0.4, 0.5) is 0 Å². The van der Waals surface area contributed by atoms with E-state index in [1.165, 1.54) is 58.0 Å². The van der Waals surface area contributed by atoms with Crippen molar-refractivity contribution in [3.8, 4) is 0 Å². The summed E-state index contributed by atoms with van der Waals surface area (Å²) in [6.45, 7) is 12.4. The largest absolute Gasteiger partial charge is 0.310 e. The van der Waals surface area contributed by atoms with Crippen LogP contribution in [0.5, 0.6) is 0 Å². The highest BCUT2D eigenvalue weighted by Gasteiger charge is 2.62. The van der Waals surface area contributed by atoms with Gasteiger partial charge in [-0.3, -0.25) is 4.90 Å². The van der Waals surface area contributed by atoms with Gasteiger partial charge in [-0.05, 0) is 61.7 Å². The molecule has 4 bridgehead atoms. The highest BCUT2D eigenvalue weighted by atomic mass is 15.3. The van der Waals surface area contributed by atoms with E-state index >= 15 is 0 Å². The summed E-state index contributed by atoms with van der Waals surface area (Å²) in [7, 11) is 0. The van der Waals surface area contributed by atoms with Gasteiger partial charge in [-0.2, -0.15) is 0 Å². The summed E-state index contributed by atoms with van der Waals surface area (Å²) in [5, 5.41) is 3.78. The Morgan fingerprint density at radius 2 is 1.67 bits per heavy atom. The van der Waals surface area contributed by atoms with E-state index in [0.717, 1.165) is 12.0 Å². The van der Waals surface area contributed by atoms with Gasteiger partial charge in [0.2, 0.25) is 0 Å². The summed E-state index contributed by atoms with van der Waals surface area (Å²) in [6.07, 6.45) is 10.4. The maximum Gasteiger partial charge on any atom is 0.0223 e. The molecule has 1 aliphatic heterocycles. The van der Waals surface area contributed by atoms with Crippen molar-refractivity contribution >= 4 is 0 Å². The van der Waals surface area contributed by atoms with Crippen LogP contribution < -0.4 is 5.32 Å². The minimum Gasteiger partial charge on any atom is -0.310 e. The van der Waals surface area contributed by atoms with Crippen molar-refractivity contribution in [2.24, 2.45) is 16.7 Å². The van der Waals surface area contributed by atoms with E-state index in [4.69, 9.17) is 0 Å². The van der Waals surface area contributed by atoms with Crippen molar-refractivity contribution in [1.29, 1.82) is 0 Å². The van der Waals surface area contributed by atoms with Gasteiger partial charge >= 0.3 is 0 Å². The predicted molar refractivity (Wildman–Crippen MR) is 88.4 cm³/mol. The van der Waals surface area contributed by atoms with E-state index in [-0.39, 0.29) is 0 Å². The van der Waals surface area contributed by atoms with Crippen molar-refractivity contribution < 1.29 is 0 Å². The zero-order chi connectivity index (χ0) is 14.9. The smallest absolute Gasteiger partial charge is 0.0223 e. The van der Waals surface area contributed by atoms with Gasteiger partial charge in [0.1, 0.15) is 0 Å². The fraction of sp³-hybridized carbons (Fsp3) is 1.00. The van der Waals surface area contributed by atoms with Gasteiger partial charge in [0.25, 0.3) is 0 Å². The molecule has 120 valence electrons. The second kappa shape index (κ2) is 4.47. The molecule has 2 heteroatoms. The zero-order valence-electron chi connectivity index (χ0n) is 14.5. The van der Waals surface area contributed by atoms with Gasteiger partial charge < -0.3 is 5.32 Å². The summed E-state index contributed by atoms with van der Waals surface area (Å²) < 4.78 is 0. The van der Waals surface area contributed by atoms with Crippen molar-refractivity contribution in [2.45, 2.75) is 90.3 Å². The molecule has 0 aromatic rings. The number of hydrogen-bond donors (Lipinski definition) is 1. The van der Waals surface area contributed by atoms with Gasteiger partial charge in [-0.25, -0.2) is 0 Å². The monoisotopic (exact) mass is 290 g/mol. The fourth-order valence-electron chi connectivity index (χ4n) is 7.54. The molecule has 21 heavy (non-hydrogen) atoms. The first-order valence-corrected chi connectivity index (χ1v) is 9.31. The second-order valence-corrected chi connectivity index (χ2v) is 10.1. The summed E-state index contributed by atoms with van der Waals surface area (Å²) in [5.74, 6) is 1.02. The van der Waals surface area contributed by atoms with Crippen LogP contribution in [0.25, 0.3) is 0 Å². The highest BCUT2D eigenvalue weighted by molar-refractivity contribution is 5.15. The first-order chi connectivity index (χ1) is 9.80. The lowest BCUT2D eigenvalue weighted by Crippen LogP contribution is -2.65. The molecule has 5 fully saturated rings. The third kappa shape index (κ3) is 2.37. The third-order valence-corrected chi connectivity index (χ3v) is 7.02. The molecule has 2 nitrogen and oxygen atoms in total. The Hall–Kier alpha value is -0.0800. The molecule has 0 aromatic heterocycles. The maximum atomic E-state index is 3.78. The van der Waals surface area contributed by atoms with E-state index in [2.05, 4.69) is 37.9 Å². The van der Waals surface area contributed by atoms with Gasteiger partial charge in [0, 0.05) is 30.7 Å². The number of nitrogens with zero attached hydrogens (tertiary/aromatic N) is 1. The Labute approximate surface area is 131 Å². The number of rotatable bonds is 3. The molecule has 0 aromatic carbocycles. The molecule has 0 radical (unpaired) electrons. The van der Waals surface area contributed by atoms with Crippen molar-refractivity contribution in [1.82, 2.24) is 10.2 Å². The van der Waals surface area contributed by atoms with Gasteiger partial charge in [-0.1, -0.05) is 27.7 Å².